The second-order valence-electron chi connectivity index (χ2n) is 16.4. The maximum absolute atomic E-state index is 11.9. The van der Waals surface area contributed by atoms with Gasteiger partial charge >= 0.3 is 0 Å². The van der Waals surface area contributed by atoms with E-state index in [1.807, 2.05) is 13.8 Å². The lowest BCUT2D eigenvalue weighted by Crippen LogP contribution is -2.50. The molecule has 0 N–H and O–H groups in total. The fourth-order valence-corrected chi connectivity index (χ4v) is 12.2. The number of ether oxygens (including phenoxy) is 5. The smallest absolute Gasteiger partial charge is 0.151 e. The summed E-state index contributed by atoms with van der Waals surface area (Å²) < 4.78 is 61.5. The summed E-state index contributed by atoms with van der Waals surface area (Å²) in [6.07, 6.45) is 3.87. The molecule has 0 aromatic heterocycles. The molecule has 5 saturated heterocycles. The molecule has 254 valence electrons. The second kappa shape index (κ2) is 14.6. The molecule has 6 aliphatic rings. The van der Waals surface area contributed by atoms with Gasteiger partial charge in [0.2, 0.25) is 0 Å². The summed E-state index contributed by atoms with van der Waals surface area (Å²) in [4.78, 5) is 0. The van der Waals surface area contributed by atoms with Gasteiger partial charge in [-0.25, -0.2) is 8.42 Å². The molecule has 1 aliphatic carbocycles. The summed E-state index contributed by atoms with van der Waals surface area (Å²) in [6, 6.07) is 0. The summed E-state index contributed by atoms with van der Waals surface area (Å²) in [5.41, 5.74) is 1.23. The molecule has 0 spiro atoms. The van der Waals surface area contributed by atoms with Crippen LogP contribution < -0.4 is 0 Å². The molecule has 5 heterocycles. The van der Waals surface area contributed by atoms with Crippen molar-refractivity contribution in [3.8, 4) is 0 Å². The molecular formula is C32H60O8S3. The van der Waals surface area contributed by atoms with Gasteiger partial charge in [0.25, 0.3) is 0 Å². The first-order chi connectivity index (χ1) is 19.5. The van der Waals surface area contributed by atoms with Crippen LogP contribution in [0.1, 0.15) is 68.2 Å². The van der Waals surface area contributed by atoms with Crippen LogP contribution in [-0.2, 0) is 44.3 Å². The van der Waals surface area contributed by atoms with E-state index in [-0.39, 0.29) is 35.2 Å². The first-order valence-electron chi connectivity index (χ1n) is 15.5. The zero-order valence-electron chi connectivity index (χ0n) is 26.9. The molecule has 1 atom stereocenters. The third-order valence-electron chi connectivity index (χ3n) is 9.12. The SMILES string of the molecule is C.CC1(CS(=O)(=O)CC2(C)COC2)COC1.CC1(CS(=O)CC2(C)COC2)CCC1.CC1(CSCC2(C)COC2)COC1. The number of sulfone groups is 1. The molecule has 8 nitrogen and oxygen atoms in total. The predicted octanol–water partition coefficient (Wildman–Crippen LogP) is 4.86. The zero-order chi connectivity index (χ0) is 30.8. The van der Waals surface area contributed by atoms with E-state index in [4.69, 9.17) is 23.7 Å². The molecule has 43 heavy (non-hydrogen) atoms. The molecule has 0 aromatic rings. The third-order valence-corrected chi connectivity index (χ3v) is 15.2. The van der Waals surface area contributed by atoms with Crippen molar-refractivity contribution in [2.75, 3.05) is 101 Å². The summed E-state index contributed by atoms with van der Waals surface area (Å²) >= 11 is 2.06. The van der Waals surface area contributed by atoms with Crippen molar-refractivity contribution in [3.05, 3.63) is 0 Å². The summed E-state index contributed by atoms with van der Waals surface area (Å²) in [5.74, 6) is 4.71. The van der Waals surface area contributed by atoms with Gasteiger partial charge in [-0.15, -0.1) is 0 Å². The minimum absolute atomic E-state index is 0. The topological polar surface area (TPSA) is 97.4 Å². The van der Waals surface area contributed by atoms with Gasteiger partial charge in [-0.2, -0.15) is 11.8 Å². The van der Waals surface area contributed by atoms with Crippen molar-refractivity contribution < 1.29 is 36.3 Å². The van der Waals surface area contributed by atoms with E-state index in [1.165, 1.54) is 30.8 Å². The number of thioether (sulfide) groups is 1. The van der Waals surface area contributed by atoms with E-state index in [9.17, 15) is 12.6 Å². The van der Waals surface area contributed by atoms with Crippen molar-refractivity contribution in [1.29, 1.82) is 0 Å². The van der Waals surface area contributed by atoms with Crippen LogP contribution in [0.3, 0.4) is 0 Å². The average Bonchev–Trinajstić information content (AvgIpc) is 2.78. The number of rotatable bonds is 12. The van der Waals surface area contributed by atoms with Gasteiger partial charge in [-0.1, -0.05) is 55.4 Å². The Morgan fingerprint density at radius 1 is 0.558 bits per heavy atom. The maximum Gasteiger partial charge on any atom is 0.151 e. The molecule has 5 aliphatic heterocycles. The first kappa shape index (κ1) is 37.7. The zero-order valence-corrected chi connectivity index (χ0v) is 29.4. The normalized spacial score (nSPS) is 28.3. The molecule has 0 amide bonds. The molecule has 1 unspecified atom stereocenters. The molecule has 0 aromatic carbocycles. The van der Waals surface area contributed by atoms with Gasteiger partial charge in [0.05, 0.1) is 77.6 Å². The van der Waals surface area contributed by atoms with Crippen molar-refractivity contribution in [2.24, 2.45) is 32.5 Å². The molecule has 1 saturated carbocycles. The van der Waals surface area contributed by atoms with Crippen LogP contribution in [0.2, 0.25) is 0 Å². The van der Waals surface area contributed by atoms with Gasteiger partial charge in [0.15, 0.2) is 9.84 Å². The predicted molar refractivity (Wildman–Crippen MR) is 177 cm³/mol. The van der Waals surface area contributed by atoms with Crippen molar-refractivity contribution in [2.45, 2.75) is 68.2 Å². The van der Waals surface area contributed by atoms with Gasteiger partial charge < -0.3 is 23.7 Å². The Labute approximate surface area is 269 Å². The highest BCUT2D eigenvalue weighted by Gasteiger charge is 2.43. The standard InChI is InChI=1S/C11H20O2S.C10H18O4S.C10H18O2S.CH4/c1-10(4-3-5-10)8-14(12)9-11(2)6-13-7-11;1-9(3-13-4-9)7-15(11,12)8-10(2)5-14-6-10;1-9(3-11-4-9)7-13-8-10(2)5-12-6-10;/h3-9H2,1-2H3;3-8H2,1-2H3;3-8H2,1-2H3;1H4. The van der Waals surface area contributed by atoms with Crippen molar-refractivity contribution in [1.82, 2.24) is 0 Å². The summed E-state index contributed by atoms with van der Waals surface area (Å²) in [6.45, 7) is 20.7. The molecule has 6 rings (SSSR count). The Bertz CT molecular complexity index is 949. The third kappa shape index (κ3) is 11.2. The highest BCUT2D eigenvalue weighted by atomic mass is 32.2. The Hall–Kier alpha value is 0.250. The lowest BCUT2D eigenvalue weighted by molar-refractivity contribution is -0.0912. The minimum Gasteiger partial charge on any atom is -0.380 e. The van der Waals surface area contributed by atoms with E-state index < -0.39 is 20.6 Å². The lowest BCUT2D eigenvalue weighted by Gasteiger charge is -2.41. The summed E-state index contributed by atoms with van der Waals surface area (Å²) in [7, 11) is -3.61. The quantitative estimate of drug-likeness (QED) is 0.289. The number of hydrogen-bond acceptors (Lipinski definition) is 9. The van der Waals surface area contributed by atoms with Crippen LogP contribution in [0.15, 0.2) is 0 Å². The van der Waals surface area contributed by atoms with Crippen LogP contribution in [0.25, 0.3) is 0 Å². The van der Waals surface area contributed by atoms with Crippen molar-refractivity contribution in [3.63, 3.8) is 0 Å². The molecule has 0 radical (unpaired) electrons. The van der Waals surface area contributed by atoms with Crippen LogP contribution in [0.5, 0.6) is 0 Å². The van der Waals surface area contributed by atoms with E-state index in [2.05, 4.69) is 39.5 Å². The van der Waals surface area contributed by atoms with Gasteiger partial charge in [0, 0.05) is 60.9 Å². The summed E-state index contributed by atoms with van der Waals surface area (Å²) in [5, 5.41) is 0. The van der Waals surface area contributed by atoms with Gasteiger partial charge in [-0.05, 0) is 18.3 Å². The van der Waals surface area contributed by atoms with E-state index in [1.54, 1.807) is 0 Å². The fourth-order valence-electron chi connectivity index (χ4n) is 6.08. The Morgan fingerprint density at radius 2 is 0.884 bits per heavy atom. The molecule has 11 heteroatoms. The van der Waals surface area contributed by atoms with Gasteiger partial charge in [-0.3, -0.25) is 4.21 Å². The molecule has 0 bridgehead atoms. The van der Waals surface area contributed by atoms with Crippen LogP contribution in [0.4, 0.5) is 0 Å². The number of hydrogen-bond donors (Lipinski definition) is 0. The van der Waals surface area contributed by atoms with Crippen LogP contribution >= 0.6 is 11.8 Å². The highest BCUT2D eigenvalue weighted by Crippen LogP contribution is 2.42. The van der Waals surface area contributed by atoms with Gasteiger partial charge in [0.1, 0.15) is 0 Å². The minimum atomic E-state index is -2.98. The highest BCUT2D eigenvalue weighted by molar-refractivity contribution is 7.99. The van der Waals surface area contributed by atoms with Crippen molar-refractivity contribution >= 4 is 32.4 Å². The average molecular weight is 669 g/mol. The maximum atomic E-state index is 11.9. The molecular weight excluding hydrogens is 609 g/mol. The fraction of sp³-hybridized carbons (Fsp3) is 1.00. The molecule has 6 fully saturated rings. The van der Waals surface area contributed by atoms with E-state index >= 15 is 0 Å². The Balaban J connectivity index is 0.000000175. The second-order valence-corrected chi connectivity index (χ2v) is 20.9. The lowest BCUT2D eigenvalue weighted by atomic mass is 9.72. The first-order valence-corrected chi connectivity index (χ1v) is 19.9. The largest absolute Gasteiger partial charge is 0.380 e. The monoisotopic (exact) mass is 668 g/mol. The Kier molecular flexibility index (Phi) is 12.8. The van der Waals surface area contributed by atoms with Crippen LogP contribution in [-0.4, -0.2) is 113 Å². The van der Waals surface area contributed by atoms with E-state index in [0.29, 0.717) is 42.7 Å². The Morgan fingerprint density at radius 3 is 1.14 bits per heavy atom. The van der Waals surface area contributed by atoms with Crippen LogP contribution in [0, 0.1) is 32.5 Å². The van der Waals surface area contributed by atoms with E-state index in [0.717, 1.165) is 51.1 Å².